The average Bonchev–Trinajstić information content (AvgIpc) is 2.40. The number of methoxy groups -OCH3 is 1. The lowest BCUT2D eigenvalue weighted by Crippen LogP contribution is -2.03. The molecule has 5 heteroatoms. The summed E-state index contributed by atoms with van der Waals surface area (Å²) in [7, 11) is 1.57. The van der Waals surface area contributed by atoms with Crippen LogP contribution in [0, 0.1) is 6.92 Å². The summed E-state index contributed by atoms with van der Waals surface area (Å²) in [5.41, 5.74) is 2.31. The number of aromatic nitrogens is 1. The van der Waals surface area contributed by atoms with Gasteiger partial charge in [0.1, 0.15) is 17.2 Å². The zero-order chi connectivity index (χ0) is 13.8. The van der Waals surface area contributed by atoms with Gasteiger partial charge in [-0.3, -0.25) is 4.98 Å². The highest BCUT2D eigenvalue weighted by Gasteiger charge is 2.05. The Bertz CT molecular complexity index is 588. The number of nitrogens with one attached hydrogen (secondary N) is 1. The van der Waals surface area contributed by atoms with E-state index in [0.717, 1.165) is 11.4 Å². The van der Waals surface area contributed by atoms with E-state index in [-0.39, 0.29) is 5.75 Å². The van der Waals surface area contributed by atoms with Crippen molar-refractivity contribution >= 4 is 17.3 Å². The lowest BCUT2D eigenvalue weighted by Gasteiger charge is -2.10. The molecule has 0 radical (unpaired) electrons. The normalized spacial score (nSPS) is 10.3. The number of benzene rings is 1. The molecule has 0 spiro atoms. The van der Waals surface area contributed by atoms with Crippen LogP contribution in [-0.4, -0.2) is 17.2 Å². The second-order valence-electron chi connectivity index (χ2n) is 4.12. The van der Waals surface area contributed by atoms with Crippen LogP contribution in [0.25, 0.3) is 0 Å². The van der Waals surface area contributed by atoms with Crippen molar-refractivity contribution in [3.8, 4) is 11.5 Å². The van der Waals surface area contributed by atoms with Crippen LogP contribution in [0.5, 0.6) is 11.5 Å². The van der Waals surface area contributed by atoms with Crippen LogP contribution in [-0.2, 0) is 6.54 Å². The van der Waals surface area contributed by atoms with Crippen LogP contribution in [0.2, 0.25) is 5.02 Å². The molecule has 1 aromatic carbocycles. The van der Waals surface area contributed by atoms with Crippen LogP contribution in [0.15, 0.2) is 30.3 Å². The predicted molar refractivity (Wildman–Crippen MR) is 76.0 cm³/mol. The van der Waals surface area contributed by atoms with Crippen LogP contribution < -0.4 is 10.1 Å². The minimum absolute atomic E-state index is 0.178. The maximum Gasteiger partial charge on any atom is 0.138 e. The number of aryl methyl sites for hydroxylation is 1. The van der Waals surface area contributed by atoms with Crippen molar-refractivity contribution in [2.75, 3.05) is 12.4 Å². The molecule has 0 saturated carbocycles. The minimum atomic E-state index is 0.178. The molecule has 0 unspecified atom stereocenters. The van der Waals surface area contributed by atoms with E-state index in [9.17, 15) is 5.11 Å². The van der Waals surface area contributed by atoms with Gasteiger partial charge in [-0.05, 0) is 37.3 Å². The third-order valence-electron chi connectivity index (χ3n) is 2.70. The van der Waals surface area contributed by atoms with Crippen molar-refractivity contribution < 1.29 is 9.84 Å². The van der Waals surface area contributed by atoms with Crippen molar-refractivity contribution in [2.45, 2.75) is 13.5 Å². The Balaban J connectivity index is 2.10. The monoisotopic (exact) mass is 278 g/mol. The summed E-state index contributed by atoms with van der Waals surface area (Å²) in [6.07, 6.45) is 0. The summed E-state index contributed by atoms with van der Waals surface area (Å²) >= 11 is 6.04. The van der Waals surface area contributed by atoms with E-state index in [1.807, 2.05) is 13.0 Å². The molecule has 0 bridgehead atoms. The maximum absolute atomic E-state index is 9.70. The molecule has 0 amide bonds. The molecule has 2 N–H and O–H groups in total. The SMILES string of the molecule is COc1ccc(NCc2nc(C)ccc2O)cc1Cl. The molecule has 2 rings (SSSR count). The quantitative estimate of drug-likeness (QED) is 0.900. The lowest BCUT2D eigenvalue weighted by molar-refractivity contribution is 0.415. The van der Waals surface area contributed by atoms with E-state index in [1.54, 1.807) is 31.4 Å². The van der Waals surface area contributed by atoms with E-state index < -0.39 is 0 Å². The third-order valence-corrected chi connectivity index (χ3v) is 3.00. The van der Waals surface area contributed by atoms with Crippen molar-refractivity contribution in [1.29, 1.82) is 0 Å². The van der Waals surface area contributed by atoms with Crippen molar-refractivity contribution in [2.24, 2.45) is 0 Å². The molecule has 0 atom stereocenters. The van der Waals surface area contributed by atoms with Crippen molar-refractivity contribution in [1.82, 2.24) is 4.98 Å². The standard InChI is InChI=1S/C14H15ClN2O2/c1-9-3-5-13(18)12(17-9)8-16-10-4-6-14(19-2)11(15)7-10/h3-7,16,18H,8H2,1-2H3. The molecule has 1 aromatic heterocycles. The fourth-order valence-electron chi connectivity index (χ4n) is 1.70. The summed E-state index contributed by atoms with van der Waals surface area (Å²) in [6, 6.07) is 8.82. The fourth-order valence-corrected chi connectivity index (χ4v) is 1.95. The molecule has 4 nitrogen and oxygen atoms in total. The molecule has 19 heavy (non-hydrogen) atoms. The number of hydrogen-bond donors (Lipinski definition) is 2. The maximum atomic E-state index is 9.70. The molecule has 1 heterocycles. The number of halogens is 1. The Labute approximate surface area is 117 Å². The number of pyridine rings is 1. The Hall–Kier alpha value is -1.94. The van der Waals surface area contributed by atoms with Crippen LogP contribution in [0.4, 0.5) is 5.69 Å². The number of aromatic hydroxyl groups is 1. The van der Waals surface area contributed by atoms with E-state index in [0.29, 0.717) is 23.0 Å². The Morgan fingerprint density at radius 1 is 1.32 bits per heavy atom. The molecule has 0 saturated heterocycles. The van der Waals surface area contributed by atoms with Gasteiger partial charge in [-0.15, -0.1) is 0 Å². The number of ether oxygens (including phenoxy) is 1. The lowest BCUT2D eigenvalue weighted by atomic mass is 10.2. The second-order valence-corrected chi connectivity index (χ2v) is 4.53. The molecular weight excluding hydrogens is 264 g/mol. The molecule has 0 fully saturated rings. The molecule has 0 aliphatic carbocycles. The summed E-state index contributed by atoms with van der Waals surface area (Å²) in [6.45, 7) is 2.31. The van der Waals surface area contributed by atoms with Gasteiger partial charge in [0.15, 0.2) is 0 Å². The number of rotatable bonds is 4. The van der Waals surface area contributed by atoms with Crippen molar-refractivity contribution in [3.63, 3.8) is 0 Å². The smallest absolute Gasteiger partial charge is 0.138 e. The molecular formula is C14H15ClN2O2. The number of anilines is 1. The topological polar surface area (TPSA) is 54.4 Å². The Morgan fingerprint density at radius 2 is 2.11 bits per heavy atom. The first-order valence-corrected chi connectivity index (χ1v) is 6.21. The largest absolute Gasteiger partial charge is 0.506 e. The van der Waals surface area contributed by atoms with Crippen molar-refractivity contribution in [3.05, 3.63) is 46.7 Å². The van der Waals surface area contributed by atoms with Gasteiger partial charge in [0.05, 0.1) is 18.7 Å². The molecule has 2 aromatic rings. The summed E-state index contributed by atoms with van der Waals surface area (Å²) in [5, 5.41) is 13.4. The van der Waals surface area contributed by atoms with E-state index in [4.69, 9.17) is 16.3 Å². The summed E-state index contributed by atoms with van der Waals surface area (Å²) < 4.78 is 5.09. The highest BCUT2D eigenvalue weighted by molar-refractivity contribution is 6.32. The molecule has 0 aliphatic heterocycles. The summed E-state index contributed by atoms with van der Waals surface area (Å²) in [5.74, 6) is 0.807. The zero-order valence-corrected chi connectivity index (χ0v) is 11.5. The minimum Gasteiger partial charge on any atom is -0.506 e. The van der Waals surface area contributed by atoms with Crippen LogP contribution in [0.3, 0.4) is 0 Å². The first kappa shape index (κ1) is 13.5. The average molecular weight is 279 g/mol. The summed E-state index contributed by atoms with van der Waals surface area (Å²) in [4.78, 5) is 4.27. The zero-order valence-electron chi connectivity index (χ0n) is 10.8. The van der Waals surface area contributed by atoms with Gasteiger partial charge >= 0.3 is 0 Å². The van der Waals surface area contributed by atoms with Gasteiger partial charge in [0, 0.05) is 11.4 Å². The predicted octanol–water partition coefficient (Wildman–Crippen LogP) is 3.37. The fraction of sp³-hybridized carbons (Fsp3) is 0.214. The Morgan fingerprint density at radius 3 is 2.79 bits per heavy atom. The van der Waals surface area contributed by atoms with Crippen LogP contribution >= 0.6 is 11.6 Å². The van der Waals surface area contributed by atoms with Gasteiger partial charge in [0.2, 0.25) is 0 Å². The highest BCUT2D eigenvalue weighted by atomic mass is 35.5. The highest BCUT2D eigenvalue weighted by Crippen LogP contribution is 2.27. The first-order chi connectivity index (χ1) is 9.10. The van der Waals surface area contributed by atoms with Crippen LogP contribution in [0.1, 0.15) is 11.4 Å². The van der Waals surface area contributed by atoms with Gasteiger partial charge < -0.3 is 15.2 Å². The first-order valence-electron chi connectivity index (χ1n) is 5.83. The second kappa shape index (κ2) is 5.80. The third kappa shape index (κ3) is 3.29. The van der Waals surface area contributed by atoms with E-state index in [2.05, 4.69) is 10.3 Å². The Kier molecular flexibility index (Phi) is 4.12. The molecule has 100 valence electrons. The van der Waals surface area contributed by atoms with Gasteiger partial charge in [0.25, 0.3) is 0 Å². The number of hydrogen-bond acceptors (Lipinski definition) is 4. The van der Waals surface area contributed by atoms with E-state index >= 15 is 0 Å². The van der Waals surface area contributed by atoms with Gasteiger partial charge in [-0.25, -0.2) is 0 Å². The van der Waals surface area contributed by atoms with Gasteiger partial charge in [-0.1, -0.05) is 11.6 Å². The number of nitrogens with zero attached hydrogens (tertiary/aromatic N) is 1. The van der Waals surface area contributed by atoms with E-state index in [1.165, 1.54) is 0 Å². The molecule has 0 aliphatic rings. The van der Waals surface area contributed by atoms with Gasteiger partial charge in [-0.2, -0.15) is 0 Å².